The maximum Gasteiger partial charge on any atom is 0.223 e. The van der Waals surface area contributed by atoms with E-state index in [1.807, 2.05) is 4.90 Å². The number of carbonyl (C=O) groups is 1. The first-order valence-electron chi connectivity index (χ1n) is 5.92. The van der Waals surface area contributed by atoms with E-state index in [1.165, 1.54) is 0 Å². The zero-order valence-corrected chi connectivity index (χ0v) is 11.2. The molecule has 1 amide bonds. The van der Waals surface area contributed by atoms with E-state index in [1.54, 1.807) is 0 Å². The molecule has 2 nitrogen and oxygen atoms in total. The van der Waals surface area contributed by atoms with Crippen LogP contribution >= 0.6 is 11.6 Å². The fraction of sp³-hybridized carbons (Fsp3) is 0.917. The highest BCUT2D eigenvalue weighted by molar-refractivity contribution is 6.18. The highest BCUT2D eigenvalue weighted by Crippen LogP contribution is 2.13. The number of amides is 1. The summed E-state index contributed by atoms with van der Waals surface area (Å²) >= 11 is 5.74. The smallest absolute Gasteiger partial charge is 0.223 e. The second-order valence-corrected chi connectivity index (χ2v) is 4.72. The van der Waals surface area contributed by atoms with Crippen molar-refractivity contribution in [3.05, 3.63) is 0 Å². The number of halogens is 1. The lowest BCUT2D eigenvalue weighted by Crippen LogP contribution is -2.41. The summed E-state index contributed by atoms with van der Waals surface area (Å²) in [5, 5.41) is 0. The summed E-state index contributed by atoms with van der Waals surface area (Å²) < 4.78 is 0. The van der Waals surface area contributed by atoms with Crippen LogP contribution < -0.4 is 0 Å². The van der Waals surface area contributed by atoms with E-state index in [4.69, 9.17) is 11.6 Å². The van der Waals surface area contributed by atoms with Crippen molar-refractivity contribution < 1.29 is 4.79 Å². The Labute approximate surface area is 99.0 Å². The molecule has 0 radical (unpaired) electrons. The summed E-state index contributed by atoms with van der Waals surface area (Å²) in [4.78, 5) is 13.9. The molecule has 3 heteroatoms. The summed E-state index contributed by atoms with van der Waals surface area (Å²) in [5.74, 6) is 1.20. The molecule has 0 saturated carbocycles. The van der Waals surface area contributed by atoms with Crippen molar-refractivity contribution in [2.75, 3.05) is 12.4 Å². The minimum atomic E-state index is 0.249. The first kappa shape index (κ1) is 14.8. The molecule has 0 unspecified atom stereocenters. The first-order chi connectivity index (χ1) is 7.06. The molecule has 0 saturated heterocycles. The summed E-state index contributed by atoms with van der Waals surface area (Å²) in [5.41, 5.74) is 0. The molecular weight excluding hydrogens is 210 g/mol. The van der Waals surface area contributed by atoms with Crippen molar-refractivity contribution in [1.82, 2.24) is 4.90 Å². The van der Waals surface area contributed by atoms with Gasteiger partial charge in [0.25, 0.3) is 0 Å². The molecule has 0 aliphatic heterocycles. The van der Waals surface area contributed by atoms with Gasteiger partial charge in [-0.1, -0.05) is 27.7 Å². The molecular formula is C12H24ClNO. The van der Waals surface area contributed by atoms with Gasteiger partial charge in [0.1, 0.15) is 0 Å². The Morgan fingerprint density at radius 2 is 1.80 bits per heavy atom. The van der Waals surface area contributed by atoms with Gasteiger partial charge in [0.2, 0.25) is 5.91 Å². The Hall–Kier alpha value is -0.240. The van der Waals surface area contributed by atoms with Gasteiger partial charge < -0.3 is 4.90 Å². The van der Waals surface area contributed by atoms with Crippen LogP contribution in [0.4, 0.5) is 0 Å². The highest BCUT2D eigenvalue weighted by Gasteiger charge is 2.20. The second kappa shape index (κ2) is 7.98. The van der Waals surface area contributed by atoms with E-state index in [2.05, 4.69) is 27.7 Å². The van der Waals surface area contributed by atoms with Gasteiger partial charge >= 0.3 is 0 Å². The molecule has 0 aliphatic carbocycles. The minimum absolute atomic E-state index is 0.249. The molecule has 90 valence electrons. The predicted molar refractivity (Wildman–Crippen MR) is 66.3 cm³/mol. The van der Waals surface area contributed by atoms with Crippen LogP contribution in [-0.4, -0.2) is 29.3 Å². The monoisotopic (exact) mass is 233 g/mol. The van der Waals surface area contributed by atoms with Gasteiger partial charge in [-0.2, -0.15) is 0 Å². The van der Waals surface area contributed by atoms with Crippen molar-refractivity contribution in [2.24, 2.45) is 5.92 Å². The van der Waals surface area contributed by atoms with Crippen LogP contribution in [0.25, 0.3) is 0 Å². The standard InChI is InChI=1S/C12H24ClNO/c1-5-11(6-2)14(8-7-13)12(15)9-10(3)4/h10-11H,5-9H2,1-4H3. The fourth-order valence-corrected chi connectivity index (χ4v) is 1.98. The van der Waals surface area contributed by atoms with Crippen LogP contribution in [0.5, 0.6) is 0 Å². The van der Waals surface area contributed by atoms with Crippen molar-refractivity contribution in [3.8, 4) is 0 Å². The zero-order valence-electron chi connectivity index (χ0n) is 10.4. The van der Waals surface area contributed by atoms with Crippen molar-refractivity contribution in [3.63, 3.8) is 0 Å². The Balaban J connectivity index is 4.41. The third-order valence-electron chi connectivity index (χ3n) is 2.61. The number of alkyl halides is 1. The molecule has 0 rings (SSSR count). The first-order valence-corrected chi connectivity index (χ1v) is 6.45. The third kappa shape index (κ3) is 5.41. The fourth-order valence-electron chi connectivity index (χ4n) is 1.80. The number of rotatable bonds is 7. The zero-order chi connectivity index (χ0) is 11.8. The van der Waals surface area contributed by atoms with E-state index < -0.39 is 0 Å². The van der Waals surface area contributed by atoms with E-state index in [9.17, 15) is 4.79 Å². The van der Waals surface area contributed by atoms with E-state index in [0.29, 0.717) is 30.8 Å². The summed E-state index contributed by atoms with van der Waals surface area (Å²) in [6.45, 7) is 9.07. The molecule has 0 N–H and O–H groups in total. The van der Waals surface area contributed by atoms with Crippen molar-refractivity contribution in [2.45, 2.75) is 53.0 Å². The molecule has 0 aromatic rings. The second-order valence-electron chi connectivity index (χ2n) is 4.34. The van der Waals surface area contributed by atoms with Gasteiger partial charge in [-0.3, -0.25) is 4.79 Å². The SMILES string of the molecule is CCC(CC)N(CCCl)C(=O)CC(C)C. The lowest BCUT2D eigenvalue weighted by Gasteiger charge is -2.30. The van der Waals surface area contributed by atoms with Gasteiger partial charge in [-0.05, 0) is 18.8 Å². The van der Waals surface area contributed by atoms with Crippen LogP contribution in [0.2, 0.25) is 0 Å². The largest absolute Gasteiger partial charge is 0.339 e. The minimum Gasteiger partial charge on any atom is -0.339 e. The summed E-state index contributed by atoms with van der Waals surface area (Å²) in [7, 11) is 0. The Kier molecular flexibility index (Phi) is 7.85. The van der Waals surface area contributed by atoms with Gasteiger partial charge in [-0.25, -0.2) is 0 Å². The lowest BCUT2D eigenvalue weighted by molar-refractivity contribution is -0.134. The summed E-state index contributed by atoms with van der Waals surface area (Å²) in [6, 6.07) is 0.356. The average Bonchev–Trinajstić information content (AvgIpc) is 2.17. The lowest BCUT2D eigenvalue weighted by atomic mass is 10.1. The number of hydrogen-bond donors (Lipinski definition) is 0. The molecule has 15 heavy (non-hydrogen) atoms. The Bertz CT molecular complexity index is 178. The molecule has 0 bridgehead atoms. The number of hydrogen-bond acceptors (Lipinski definition) is 1. The molecule has 0 heterocycles. The molecule has 0 aliphatic rings. The van der Waals surface area contributed by atoms with Gasteiger partial charge in [-0.15, -0.1) is 11.6 Å². The maximum atomic E-state index is 12.0. The van der Waals surface area contributed by atoms with E-state index in [-0.39, 0.29) is 5.91 Å². The molecule has 0 atom stereocenters. The van der Waals surface area contributed by atoms with Crippen LogP contribution in [0, 0.1) is 5.92 Å². The average molecular weight is 234 g/mol. The topological polar surface area (TPSA) is 20.3 Å². The molecule has 0 aromatic heterocycles. The van der Waals surface area contributed by atoms with Crippen LogP contribution in [-0.2, 0) is 4.79 Å². The molecule has 0 fully saturated rings. The third-order valence-corrected chi connectivity index (χ3v) is 2.78. The van der Waals surface area contributed by atoms with Gasteiger partial charge in [0, 0.05) is 24.9 Å². The Morgan fingerprint density at radius 3 is 2.13 bits per heavy atom. The van der Waals surface area contributed by atoms with E-state index in [0.717, 1.165) is 12.8 Å². The quantitative estimate of drug-likeness (QED) is 0.618. The van der Waals surface area contributed by atoms with Crippen molar-refractivity contribution in [1.29, 1.82) is 0 Å². The van der Waals surface area contributed by atoms with Gasteiger partial charge in [0.15, 0.2) is 0 Å². The van der Waals surface area contributed by atoms with Crippen LogP contribution in [0.3, 0.4) is 0 Å². The van der Waals surface area contributed by atoms with Crippen LogP contribution in [0.15, 0.2) is 0 Å². The predicted octanol–water partition coefficient (Wildman–Crippen LogP) is 3.29. The van der Waals surface area contributed by atoms with Crippen molar-refractivity contribution >= 4 is 17.5 Å². The number of carbonyl (C=O) groups excluding carboxylic acids is 1. The molecule has 0 aromatic carbocycles. The normalized spacial score (nSPS) is 11.1. The summed E-state index contributed by atoms with van der Waals surface area (Å²) in [6.07, 6.45) is 2.65. The van der Waals surface area contributed by atoms with Crippen LogP contribution in [0.1, 0.15) is 47.0 Å². The molecule has 0 spiro atoms. The highest BCUT2D eigenvalue weighted by atomic mass is 35.5. The number of nitrogens with zero attached hydrogens (tertiary/aromatic N) is 1. The van der Waals surface area contributed by atoms with Gasteiger partial charge in [0.05, 0.1) is 0 Å². The van der Waals surface area contributed by atoms with E-state index >= 15 is 0 Å². The Morgan fingerprint density at radius 1 is 1.27 bits per heavy atom. The maximum absolute atomic E-state index is 12.0.